The van der Waals surface area contributed by atoms with Crippen LogP contribution < -0.4 is 0 Å². The van der Waals surface area contributed by atoms with E-state index >= 15 is 0 Å². The molecular formula is C49H37N3. The predicted octanol–water partition coefficient (Wildman–Crippen LogP) is 12.1. The lowest BCUT2D eigenvalue weighted by atomic mass is 9.43. The van der Waals surface area contributed by atoms with Crippen LogP contribution in [-0.2, 0) is 5.41 Å². The zero-order valence-corrected chi connectivity index (χ0v) is 29.0. The molecule has 7 aromatic carbocycles. The minimum atomic E-state index is 0.0267. The molecular weight excluding hydrogens is 631 g/mol. The summed E-state index contributed by atoms with van der Waals surface area (Å²) in [5.41, 5.74) is 9.14. The highest BCUT2D eigenvalue weighted by Crippen LogP contribution is 2.70. The monoisotopic (exact) mass is 667 g/mol. The zero-order chi connectivity index (χ0) is 34.0. The topological polar surface area (TPSA) is 38.7 Å². The molecule has 0 atom stereocenters. The Morgan fingerprint density at radius 1 is 0.404 bits per heavy atom. The van der Waals surface area contributed by atoms with Gasteiger partial charge in [0.1, 0.15) is 0 Å². The van der Waals surface area contributed by atoms with Gasteiger partial charge in [-0.15, -0.1) is 0 Å². The van der Waals surface area contributed by atoms with E-state index < -0.39 is 0 Å². The Labute approximate surface area is 303 Å². The highest BCUT2D eigenvalue weighted by atomic mass is 15.0. The molecule has 4 bridgehead atoms. The summed E-state index contributed by atoms with van der Waals surface area (Å²) in [4.78, 5) is 16.0. The number of aromatic nitrogens is 3. The van der Waals surface area contributed by atoms with Crippen LogP contribution in [0.1, 0.15) is 43.2 Å². The summed E-state index contributed by atoms with van der Waals surface area (Å²) in [5.74, 6) is 5.26. The summed E-state index contributed by atoms with van der Waals surface area (Å²) in [7, 11) is 0. The number of hydrogen-bond acceptors (Lipinski definition) is 3. The Bertz CT molecular complexity index is 2640. The van der Waals surface area contributed by atoms with Crippen LogP contribution in [0.5, 0.6) is 0 Å². The molecule has 8 aromatic rings. The maximum absolute atomic E-state index is 5.36. The number of rotatable bonds is 3. The molecule has 52 heavy (non-hydrogen) atoms. The van der Waals surface area contributed by atoms with Crippen molar-refractivity contribution in [3.63, 3.8) is 0 Å². The Morgan fingerprint density at radius 3 is 1.52 bits per heavy atom. The van der Waals surface area contributed by atoms with Gasteiger partial charge in [-0.3, -0.25) is 0 Å². The van der Waals surface area contributed by atoms with Gasteiger partial charge < -0.3 is 0 Å². The van der Waals surface area contributed by atoms with Crippen molar-refractivity contribution in [1.29, 1.82) is 0 Å². The second kappa shape index (κ2) is 10.7. The highest BCUT2D eigenvalue weighted by molar-refractivity contribution is 6.00. The third kappa shape index (κ3) is 3.94. The van der Waals surface area contributed by atoms with Gasteiger partial charge in [-0.05, 0) is 116 Å². The molecule has 0 saturated heterocycles. The van der Waals surface area contributed by atoms with Crippen LogP contribution in [0.4, 0.5) is 0 Å². The molecule has 4 saturated carbocycles. The fourth-order valence-electron chi connectivity index (χ4n) is 11.7. The Balaban J connectivity index is 1.12. The van der Waals surface area contributed by atoms with Crippen molar-refractivity contribution in [3.8, 4) is 45.3 Å². The van der Waals surface area contributed by atoms with Crippen LogP contribution in [0, 0.1) is 23.7 Å². The van der Waals surface area contributed by atoms with Crippen molar-refractivity contribution in [1.82, 2.24) is 15.0 Å². The number of hydrogen-bond donors (Lipinski definition) is 0. The van der Waals surface area contributed by atoms with Gasteiger partial charge in [0, 0.05) is 22.1 Å². The second-order valence-corrected chi connectivity index (χ2v) is 16.0. The fraction of sp³-hybridized carbons (Fsp3) is 0.204. The van der Waals surface area contributed by atoms with Crippen molar-refractivity contribution in [2.45, 2.75) is 37.5 Å². The van der Waals surface area contributed by atoms with Gasteiger partial charge >= 0.3 is 0 Å². The lowest BCUT2D eigenvalue weighted by molar-refractivity contribution is -0.0393. The molecule has 5 aliphatic carbocycles. The SMILES string of the molecule is c1ccc2c(-c3nc(-c4ccc5c(c4)C4(c6c-5ccc5ccccc65)C5CC6CC(C5)CC4C6)nc(-c4cccc5ccccc45)n3)cccc2c1. The average molecular weight is 668 g/mol. The first-order chi connectivity index (χ1) is 25.7. The molecule has 13 rings (SSSR count). The predicted molar refractivity (Wildman–Crippen MR) is 212 cm³/mol. The third-order valence-electron chi connectivity index (χ3n) is 13.5. The first-order valence-corrected chi connectivity index (χ1v) is 19.1. The van der Waals surface area contributed by atoms with Gasteiger partial charge in [0.25, 0.3) is 0 Å². The van der Waals surface area contributed by atoms with E-state index in [1.54, 1.807) is 5.56 Å². The molecule has 0 aliphatic heterocycles. The molecule has 0 amide bonds. The molecule has 3 nitrogen and oxygen atoms in total. The highest BCUT2D eigenvalue weighted by Gasteiger charge is 2.62. The minimum absolute atomic E-state index is 0.0267. The quantitative estimate of drug-likeness (QED) is 0.188. The summed E-state index contributed by atoms with van der Waals surface area (Å²) in [6.07, 6.45) is 6.84. The maximum Gasteiger partial charge on any atom is 0.164 e. The molecule has 0 unspecified atom stereocenters. The van der Waals surface area contributed by atoms with E-state index in [9.17, 15) is 0 Å². The zero-order valence-electron chi connectivity index (χ0n) is 29.0. The average Bonchev–Trinajstić information content (AvgIpc) is 3.49. The van der Waals surface area contributed by atoms with Gasteiger partial charge in [0.2, 0.25) is 0 Å². The molecule has 5 aliphatic rings. The summed E-state index contributed by atoms with van der Waals surface area (Å²) >= 11 is 0. The van der Waals surface area contributed by atoms with Crippen LogP contribution in [-0.4, -0.2) is 15.0 Å². The van der Waals surface area contributed by atoms with E-state index in [0.29, 0.717) is 23.5 Å². The molecule has 1 spiro atoms. The van der Waals surface area contributed by atoms with E-state index in [-0.39, 0.29) is 5.41 Å². The van der Waals surface area contributed by atoms with Crippen LogP contribution in [0.25, 0.3) is 77.6 Å². The van der Waals surface area contributed by atoms with Gasteiger partial charge in [-0.25, -0.2) is 15.0 Å². The first kappa shape index (κ1) is 29.0. The standard InChI is InChI=1S/C49H37N3/c1-4-14-37-31(9-1)12-7-17-42(37)47-50-46(51-48(52-47)43-18-8-13-32-10-2-5-15-38(32)43)34-20-21-40-41-22-19-33-11-3-6-16-39(33)45(41)49(44(40)28-34)35-24-29-23-30(26-35)27-36(49)25-29/h1-22,28-30,35-36H,23-27H2. The number of fused-ring (bicyclic) bond motifs is 7. The summed E-state index contributed by atoms with van der Waals surface area (Å²) in [5, 5.41) is 7.46. The summed E-state index contributed by atoms with van der Waals surface area (Å²) in [6, 6.07) is 51.1. The molecule has 1 heterocycles. The van der Waals surface area contributed by atoms with Gasteiger partial charge in [0.15, 0.2) is 17.5 Å². The molecule has 248 valence electrons. The van der Waals surface area contributed by atoms with Crippen LogP contribution in [0.15, 0.2) is 140 Å². The number of nitrogens with zero attached hydrogens (tertiary/aromatic N) is 3. The van der Waals surface area contributed by atoms with Gasteiger partial charge in [-0.1, -0.05) is 133 Å². The van der Waals surface area contributed by atoms with E-state index in [0.717, 1.165) is 45.1 Å². The van der Waals surface area contributed by atoms with Crippen molar-refractivity contribution in [2.24, 2.45) is 23.7 Å². The van der Waals surface area contributed by atoms with Gasteiger partial charge in [-0.2, -0.15) is 0 Å². The maximum atomic E-state index is 5.36. The van der Waals surface area contributed by atoms with Crippen molar-refractivity contribution >= 4 is 32.3 Å². The Kier molecular flexibility index (Phi) is 5.95. The normalized spacial score (nSPS) is 23.8. The third-order valence-corrected chi connectivity index (χ3v) is 13.5. The summed E-state index contributed by atoms with van der Waals surface area (Å²) < 4.78 is 0. The van der Waals surface area contributed by atoms with Crippen LogP contribution >= 0.6 is 0 Å². The van der Waals surface area contributed by atoms with E-state index in [1.165, 1.54) is 70.3 Å². The molecule has 0 radical (unpaired) electrons. The first-order valence-electron chi connectivity index (χ1n) is 19.1. The van der Waals surface area contributed by atoms with E-state index in [2.05, 4.69) is 140 Å². The van der Waals surface area contributed by atoms with E-state index in [4.69, 9.17) is 15.0 Å². The Hall–Kier alpha value is -5.67. The van der Waals surface area contributed by atoms with Crippen LogP contribution in [0.2, 0.25) is 0 Å². The van der Waals surface area contributed by atoms with Crippen molar-refractivity contribution in [3.05, 3.63) is 151 Å². The Morgan fingerprint density at radius 2 is 0.904 bits per heavy atom. The second-order valence-electron chi connectivity index (χ2n) is 16.0. The van der Waals surface area contributed by atoms with Crippen molar-refractivity contribution in [2.75, 3.05) is 0 Å². The van der Waals surface area contributed by atoms with Gasteiger partial charge in [0.05, 0.1) is 0 Å². The van der Waals surface area contributed by atoms with Crippen LogP contribution in [0.3, 0.4) is 0 Å². The summed E-state index contributed by atoms with van der Waals surface area (Å²) in [6.45, 7) is 0. The molecule has 0 N–H and O–H groups in total. The molecule has 3 heteroatoms. The molecule has 1 aromatic heterocycles. The molecule has 4 fully saturated rings. The largest absolute Gasteiger partial charge is 0.208 e. The number of benzene rings is 7. The fourth-order valence-corrected chi connectivity index (χ4v) is 11.7. The lowest BCUT2D eigenvalue weighted by Crippen LogP contribution is -2.55. The minimum Gasteiger partial charge on any atom is -0.208 e. The van der Waals surface area contributed by atoms with E-state index in [1.807, 2.05) is 0 Å². The lowest BCUT2D eigenvalue weighted by Gasteiger charge is -2.61. The smallest absolute Gasteiger partial charge is 0.164 e. The van der Waals surface area contributed by atoms with Crippen molar-refractivity contribution < 1.29 is 0 Å².